The molecule has 4 amide bonds. The van der Waals surface area contributed by atoms with Gasteiger partial charge in [-0.05, 0) is 67.1 Å². The fraction of sp³-hybridized carbons (Fsp3) is 0.259. The van der Waals surface area contributed by atoms with Crippen molar-refractivity contribution in [1.29, 1.82) is 0 Å². The maximum Gasteiger partial charge on any atom is 0.323 e. The van der Waals surface area contributed by atoms with Gasteiger partial charge in [0, 0.05) is 49.3 Å². The topological polar surface area (TPSA) is 95.2 Å². The summed E-state index contributed by atoms with van der Waals surface area (Å²) in [4.78, 5) is 29.1. The zero-order valence-electron chi connectivity index (χ0n) is 21.0. The predicted octanol–water partition coefficient (Wildman–Crippen LogP) is 5.15. The molecule has 0 radical (unpaired) electrons. The highest BCUT2D eigenvalue weighted by Crippen LogP contribution is 2.26. The van der Waals surface area contributed by atoms with E-state index in [1.165, 1.54) is 25.3 Å². The summed E-state index contributed by atoms with van der Waals surface area (Å²) in [5.74, 6) is 0.630. The van der Waals surface area contributed by atoms with Crippen LogP contribution in [0, 0.1) is 12.7 Å². The number of anilines is 4. The molecule has 10 heteroatoms. The molecule has 1 saturated heterocycles. The second kappa shape index (κ2) is 11.5. The quantitative estimate of drug-likeness (QED) is 0.429. The molecule has 0 bridgehead atoms. The maximum atomic E-state index is 13.5. The zero-order valence-corrected chi connectivity index (χ0v) is 21.0. The van der Waals surface area contributed by atoms with Crippen LogP contribution in [0.15, 0.2) is 60.7 Å². The lowest BCUT2D eigenvalue weighted by Crippen LogP contribution is -2.50. The van der Waals surface area contributed by atoms with Crippen LogP contribution in [0.4, 0.5) is 36.7 Å². The molecular formula is C27H30FN5O4. The van der Waals surface area contributed by atoms with Crippen molar-refractivity contribution in [3.63, 3.8) is 0 Å². The summed E-state index contributed by atoms with van der Waals surface area (Å²) in [6.07, 6.45) is 0. The number of amides is 4. The highest BCUT2D eigenvalue weighted by molar-refractivity contribution is 6.00. The first kappa shape index (κ1) is 25.6. The zero-order chi connectivity index (χ0) is 26.4. The van der Waals surface area contributed by atoms with Crippen LogP contribution < -0.4 is 30.3 Å². The molecule has 1 aliphatic rings. The first-order valence-corrected chi connectivity index (χ1v) is 11.8. The van der Waals surface area contributed by atoms with E-state index in [4.69, 9.17) is 9.47 Å². The number of carbonyl (C=O) groups is 2. The molecule has 9 nitrogen and oxygen atoms in total. The third-order valence-electron chi connectivity index (χ3n) is 6.14. The molecule has 1 fully saturated rings. The van der Waals surface area contributed by atoms with E-state index in [0.717, 1.165) is 22.7 Å². The molecule has 0 unspecified atom stereocenters. The summed E-state index contributed by atoms with van der Waals surface area (Å²) in [6, 6.07) is 16.2. The van der Waals surface area contributed by atoms with E-state index >= 15 is 0 Å². The van der Waals surface area contributed by atoms with Crippen molar-refractivity contribution in [3.8, 4) is 11.5 Å². The van der Waals surface area contributed by atoms with E-state index in [9.17, 15) is 14.0 Å². The number of benzene rings is 3. The average Bonchev–Trinajstić information content (AvgIpc) is 2.90. The minimum atomic E-state index is -0.511. The van der Waals surface area contributed by atoms with Crippen molar-refractivity contribution in [3.05, 3.63) is 72.0 Å². The molecule has 0 aliphatic carbocycles. The van der Waals surface area contributed by atoms with Gasteiger partial charge in [0.25, 0.3) is 0 Å². The Morgan fingerprint density at radius 3 is 2.19 bits per heavy atom. The van der Waals surface area contributed by atoms with Crippen molar-refractivity contribution in [2.45, 2.75) is 6.92 Å². The molecule has 0 aromatic heterocycles. The Morgan fingerprint density at radius 1 is 0.811 bits per heavy atom. The lowest BCUT2D eigenvalue weighted by Gasteiger charge is -2.36. The summed E-state index contributed by atoms with van der Waals surface area (Å²) >= 11 is 0. The van der Waals surface area contributed by atoms with Crippen molar-refractivity contribution in [2.24, 2.45) is 0 Å². The van der Waals surface area contributed by atoms with E-state index in [1.807, 2.05) is 37.3 Å². The van der Waals surface area contributed by atoms with E-state index in [1.54, 1.807) is 24.1 Å². The summed E-state index contributed by atoms with van der Waals surface area (Å²) in [7, 11) is 3.06. The molecule has 1 heterocycles. The number of aryl methyl sites for hydroxylation is 1. The van der Waals surface area contributed by atoms with Gasteiger partial charge < -0.3 is 35.2 Å². The third-order valence-corrected chi connectivity index (χ3v) is 6.14. The SMILES string of the molecule is COc1ccc(NC(=O)N2CCN(c3ccc(NC(=O)Nc4cc(F)ccc4OC)cc3)CC2)c(C)c1. The number of hydrogen-bond acceptors (Lipinski definition) is 5. The van der Waals surface area contributed by atoms with E-state index in [-0.39, 0.29) is 11.7 Å². The Balaban J connectivity index is 1.28. The van der Waals surface area contributed by atoms with Gasteiger partial charge in [-0.3, -0.25) is 0 Å². The number of urea groups is 2. The van der Waals surface area contributed by atoms with Crippen LogP contribution in [-0.4, -0.2) is 57.4 Å². The molecule has 194 valence electrons. The predicted molar refractivity (Wildman–Crippen MR) is 143 cm³/mol. The molecule has 0 atom stereocenters. The monoisotopic (exact) mass is 507 g/mol. The number of nitrogens with one attached hydrogen (secondary N) is 3. The number of carbonyl (C=O) groups excluding carboxylic acids is 2. The van der Waals surface area contributed by atoms with Gasteiger partial charge in [-0.1, -0.05) is 0 Å². The molecular weight excluding hydrogens is 477 g/mol. The van der Waals surface area contributed by atoms with E-state index < -0.39 is 11.8 Å². The number of ether oxygens (including phenoxy) is 2. The van der Waals surface area contributed by atoms with E-state index in [0.29, 0.717) is 37.6 Å². The number of methoxy groups -OCH3 is 2. The molecule has 4 rings (SSSR count). The lowest BCUT2D eigenvalue weighted by molar-refractivity contribution is 0.208. The van der Waals surface area contributed by atoms with Gasteiger partial charge in [-0.15, -0.1) is 0 Å². The van der Waals surface area contributed by atoms with Gasteiger partial charge in [0.15, 0.2) is 0 Å². The Labute approximate surface area is 215 Å². The van der Waals surface area contributed by atoms with Crippen LogP contribution in [0.2, 0.25) is 0 Å². The minimum Gasteiger partial charge on any atom is -0.497 e. The number of halogens is 1. The van der Waals surface area contributed by atoms with Crippen molar-refractivity contribution < 1.29 is 23.5 Å². The molecule has 0 spiro atoms. The summed E-state index contributed by atoms with van der Waals surface area (Å²) in [5.41, 5.74) is 3.51. The van der Waals surface area contributed by atoms with Crippen LogP contribution in [0.1, 0.15) is 5.56 Å². The first-order chi connectivity index (χ1) is 17.9. The summed E-state index contributed by atoms with van der Waals surface area (Å²) in [5, 5.41) is 8.31. The molecule has 3 aromatic carbocycles. The minimum absolute atomic E-state index is 0.131. The molecule has 37 heavy (non-hydrogen) atoms. The standard InChI is InChI=1S/C27H30FN5O4/c1-18-16-22(36-2)9-10-23(18)31-27(35)33-14-12-32(13-15-33)21-7-5-20(6-8-21)29-26(34)30-24-17-19(28)4-11-25(24)37-3/h4-11,16-17H,12-15H2,1-3H3,(H,31,35)(H2,29,30,34). The fourth-order valence-corrected chi connectivity index (χ4v) is 4.08. The van der Waals surface area contributed by atoms with E-state index in [2.05, 4.69) is 20.9 Å². The lowest BCUT2D eigenvalue weighted by atomic mass is 10.2. The molecule has 1 aliphatic heterocycles. The Bertz CT molecular complexity index is 1260. The Morgan fingerprint density at radius 2 is 1.54 bits per heavy atom. The van der Waals surface area contributed by atoms with Gasteiger partial charge >= 0.3 is 12.1 Å². The fourth-order valence-electron chi connectivity index (χ4n) is 4.08. The van der Waals surface area contributed by atoms with Gasteiger partial charge in [0.05, 0.1) is 19.9 Å². The van der Waals surface area contributed by atoms with Gasteiger partial charge in [0.2, 0.25) is 0 Å². The van der Waals surface area contributed by atoms with Crippen LogP contribution >= 0.6 is 0 Å². The smallest absolute Gasteiger partial charge is 0.323 e. The Kier molecular flexibility index (Phi) is 7.97. The molecule has 3 N–H and O–H groups in total. The normalized spacial score (nSPS) is 13.1. The van der Waals surface area contributed by atoms with Crippen LogP contribution in [0.5, 0.6) is 11.5 Å². The van der Waals surface area contributed by atoms with Crippen LogP contribution in [-0.2, 0) is 0 Å². The summed E-state index contributed by atoms with van der Waals surface area (Å²) in [6.45, 7) is 4.46. The average molecular weight is 508 g/mol. The highest BCUT2D eigenvalue weighted by Gasteiger charge is 2.22. The highest BCUT2D eigenvalue weighted by atomic mass is 19.1. The molecule has 3 aromatic rings. The number of piperazine rings is 1. The number of rotatable bonds is 6. The second-order valence-electron chi connectivity index (χ2n) is 8.56. The van der Waals surface area contributed by atoms with Crippen LogP contribution in [0.3, 0.4) is 0 Å². The van der Waals surface area contributed by atoms with Crippen molar-refractivity contribution in [1.82, 2.24) is 4.90 Å². The van der Waals surface area contributed by atoms with Gasteiger partial charge in [-0.25, -0.2) is 14.0 Å². The Hall–Kier alpha value is -4.47. The molecule has 0 saturated carbocycles. The van der Waals surface area contributed by atoms with Gasteiger partial charge in [0.1, 0.15) is 17.3 Å². The summed E-state index contributed by atoms with van der Waals surface area (Å²) < 4.78 is 23.9. The van der Waals surface area contributed by atoms with Crippen molar-refractivity contribution in [2.75, 3.05) is 61.2 Å². The largest absolute Gasteiger partial charge is 0.497 e. The number of hydrogen-bond donors (Lipinski definition) is 3. The number of nitrogens with zero attached hydrogens (tertiary/aromatic N) is 2. The maximum absolute atomic E-state index is 13.5. The third kappa shape index (κ3) is 6.40. The second-order valence-corrected chi connectivity index (χ2v) is 8.56. The van der Waals surface area contributed by atoms with Crippen molar-refractivity contribution >= 4 is 34.8 Å². The van der Waals surface area contributed by atoms with Gasteiger partial charge in [-0.2, -0.15) is 0 Å². The van der Waals surface area contributed by atoms with Crippen LogP contribution in [0.25, 0.3) is 0 Å². The first-order valence-electron chi connectivity index (χ1n) is 11.8.